The fraction of sp³-hybridized carbons (Fsp3) is 0.0714. The third kappa shape index (κ3) is 2.62. The van der Waals surface area contributed by atoms with Gasteiger partial charge in [0.15, 0.2) is 5.82 Å². The van der Waals surface area contributed by atoms with Crippen molar-refractivity contribution in [3.63, 3.8) is 0 Å². The molecule has 1 aromatic carbocycles. The van der Waals surface area contributed by atoms with E-state index in [4.69, 9.17) is 21.9 Å². The number of rotatable bonds is 3. The van der Waals surface area contributed by atoms with Gasteiger partial charge in [-0.1, -0.05) is 41.0 Å². The second-order valence-electron chi connectivity index (χ2n) is 4.23. The van der Waals surface area contributed by atoms with Gasteiger partial charge in [0.05, 0.1) is 0 Å². The van der Waals surface area contributed by atoms with Gasteiger partial charge in [-0.2, -0.15) is 4.98 Å². The van der Waals surface area contributed by atoms with Gasteiger partial charge in [0.25, 0.3) is 5.89 Å². The first-order valence-electron chi connectivity index (χ1n) is 6.01. The molecule has 0 spiro atoms. The molecule has 5 nitrogen and oxygen atoms in total. The van der Waals surface area contributed by atoms with Gasteiger partial charge in [-0.05, 0) is 23.8 Å². The number of nitrogen functional groups attached to an aromatic ring is 1. The van der Waals surface area contributed by atoms with Crippen LogP contribution in [0.4, 0.5) is 5.82 Å². The Bertz CT molecular complexity index is 741. The number of hydrogen-bond acceptors (Lipinski definition) is 5. The van der Waals surface area contributed by atoms with Crippen LogP contribution in [0.25, 0.3) is 11.6 Å². The highest BCUT2D eigenvalue weighted by atomic mass is 35.5. The molecule has 0 saturated carbocycles. The smallest absolute Gasteiger partial charge is 0.276 e. The normalized spacial score (nSPS) is 10.7. The maximum Gasteiger partial charge on any atom is 0.276 e. The van der Waals surface area contributed by atoms with Crippen molar-refractivity contribution < 1.29 is 4.52 Å². The average molecular weight is 287 g/mol. The molecule has 0 saturated heterocycles. The maximum atomic E-state index is 6.10. The third-order valence-electron chi connectivity index (χ3n) is 2.76. The van der Waals surface area contributed by atoms with Crippen LogP contribution in [0.15, 0.2) is 47.0 Å². The van der Waals surface area contributed by atoms with E-state index in [9.17, 15) is 0 Å². The first kappa shape index (κ1) is 12.6. The summed E-state index contributed by atoms with van der Waals surface area (Å²) in [5, 5.41) is 4.61. The summed E-state index contributed by atoms with van der Waals surface area (Å²) in [4.78, 5) is 8.44. The Morgan fingerprint density at radius 3 is 2.70 bits per heavy atom. The largest absolute Gasteiger partial charge is 0.384 e. The van der Waals surface area contributed by atoms with Crippen molar-refractivity contribution in [2.45, 2.75) is 6.42 Å². The quantitative estimate of drug-likeness (QED) is 0.801. The average Bonchev–Trinajstić information content (AvgIpc) is 2.90. The number of halogens is 1. The molecule has 2 heterocycles. The first-order valence-corrected chi connectivity index (χ1v) is 6.39. The zero-order valence-corrected chi connectivity index (χ0v) is 11.2. The molecule has 0 unspecified atom stereocenters. The lowest BCUT2D eigenvalue weighted by atomic mass is 10.1. The molecular weight excluding hydrogens is 276 g/mol. The number of nitrogens with zero attached hydrogens (tertiary/aromatic N) is 3. The van der Waals surface area contributed by atoms with Gasteiger partial charge >= 0.3 is 0 Å². The number of benzene rings is 1. The maximum absolute atomic E-state index is 6.10. The van der Waals surface area contributed by atoms with Gasteiger partial charge in [-0.3, -0.25) is 0 Å². The zero-order valence-electron chi connectivity index (χ0n) is 10.5. The van der Waals surface area contributed by atoms with E-state index in [2.05, 4.69) is 15.1 Å². The molecular formula is C14H11ClN4O. The lowest BCUT2D eigenvalue weighted by Gasteiger charge is -1.98. The summed E-state index contributed by atoms with van der Waals surface area (Å²) in [6.07, 6.45) is 0.505. The molecule has 3 rings (SSSR count). The van der Waals surface area contributed by atoms with Crippen LogP contribution in [0, 0.1) is 0 Å². The van der Waals surface area contributed by atoms with Crippen molar-refractivity contribution in [2.75, 3.05) is 5.73 Å². The molecule has 0 fully saturated rings. The fourth-order valence-corrected chi connectivity index (χ4v) is 2.02. The van der Waals surface area contributed by atoms with Crippen LogP contribution in [-0.2, 0) is 6.42 Å². The van der Waals surface area contributed by atoms with Crippen molar-refractivity contribution in [2.24, 2.45) is 0 Å². The minimum Gasteiger partial charge on any atom is -0.384 e. The molecule has 0 aliphatic heterocycles. The Labute approximate surface area is 120 Å². The Morgan fingerprint density at radius 1 is 1.05 bits per heavy atom. The highest BCUT2D eigenvalue weighted by Crippen LogP contribution is 2.20. The summed E-state index contributed by atoms with van der Waals surface area (Å²) in [5.74, 6) is 1.31. The fourth-order valence-electron chi connectivity index (χ4n) is 1.81. The van der Waals surface area contributed by atoms with Crippen LogP contribution in [0.3, 0.4) is 0 Å². The highest BCUT2D eigenvalue weighted by molar-refractivity contribution is 6.31. The molecule has 0 radical (unpaired) electrons. The summed E-state index contributed by atoms with van der Waals surface area (Å²) in [7, 11) is 0. The van der Waals surface area contributed by atoms with Crippen LogP contribution < -0.4 is 5.73 Å². The number of aromatic nitrogens is 3. The Morgan fingerprint density at radius 2 is 1.90 bits per heavy atom. The number of pyridine rings is 1. The van der Waals surface area contributed by atoms with Crippen molar-refractivity contribution in [3.05, 3.63) is 58.9 Å². The van der Waals surface area contributed by atoms with Gasteiger partial charge < -0.3 is 10.3 Å². The topological polar surface area (TPSA) is 77.8 Å². The molecule has 0 bridgehead atoms. The molecule has 0 atom stereocenters. The van der Waals surface area contributed by atoms with Crippen molar-refractivity contribution in [1.29, 1.82) is 0 Å². The molecule has 3 aromatic rings. The summed E-state index contributed by atoms with van der Waals surface area (Å²) >= 11 is 6.10. The van der Waals surface area contributed by atoms with Crippen LogP contribution in [-0.4, -0.2) is 15.1 Å². The van der Waals surface area contributed by atoms with E-state index >= 15 is 0 Å². The van der Waals surface area contributed by atoms with Gasteiger partial charge in [0.1, 0.15) is 11.5 Å². The van der Waals surface area contributed by atoms with E-state index in [0.29, 0.717) is 34.7 Å². The van der Waals surface area contributed by atoms with Crippen LogP contribution >= 0.6 is 11.6 Å². The van der Waals surface area contributed by atoms with E-state index in [1.165, 1.54) is 0 Å². The van der Waals surface area contributed by atoms with Gasteiger partial charge in [0, 0.05) is 11.4 Å². The van der Waals surface area contributed by atoms with Gasteiger partial charge in [-0.15, -0.1) is 0 Å². The first-order chi connectivity index (χ1) is 9.72. The van der Waals surface area contributed by atoms with E-state index in [-0.39, 0.29) is 0 Å². The van der Waals surface area contributed by atoms with E-state index in [1.807, 2.05) is 24.3 Å². The van der Waals surface area contributed by atoms with E-state index in [1.54, 1.807) is 18.2 Å². The summed E-state index contributed by atoms with van der Waals surface area (Å²) < 4.78 is 5.20. The minimum absolute atomic E-state index is 0.347. The lowest BCUT2D eigenvalue weighted by Crippen LogP contribution is -1.93. The predicted octanol–water partition coefficient (Wildman–Crippen LogP) is 2.96. The van der Waals surface area contributed by atoms with Gasteiger partial charge in [-0.25, -0.2) is 4.98 Å². The second kappa shape index (κ2) is 5.30. The number of nitrogens with two attached hydrogens (primary N) is 1. The highest BCUT2D eigenvalue weighted by Gasteiger charge is 2.11. The predicted molar refractivity (Wildman–Crippen MR) is 76.2 cm³/mol. The van der Waals surface area contributed by atoms with Crippen LogP contribution in [0.1, 0.15) is 11.4 Å². The number of anilines is 1. The molecule has 6 heteroatoms. The standard InChI is InChI=1S/C14H11ClN4O/c15-10-5-2-1-4-9(10)8-13-18-14(20-19-13)11-6-3-7-12(16)17-11/h1-7H,8H2,(H2,16,17). The second-order valence-corrected chi connectivity index (χ2v) is 4.64. The summed E-state index contributed by atoms with van der Waals surface area (Å²) in [6.45, 7) is 0. The molecule has 20 heavy (non-hydrogen) atoms. The molecule has 2 N–H and O–H groups in total. The molecule has 100 valence electrons. The summed E-state index contributed by atoms with van der Waals surface area (Å²) in [5.41, 5.74) is 7.13. The molecule has 0 aliphatic carbocycles. The summed E-state index contributed by atoms with van der Waals surface area (Å²) in [6, 6.07) is 12.8. The Hall–Kier alpha value is -2.40. The third-order valence-corrected chi connectivity index (χ3v) is 3.13. The van der Waals surface area contributed by atoms with E-state index in [0.717, 1.165) is 5.56 Å². The van der Waals surface area contributed by atoms with Crippen molar-refractivity contribution in [1.82, 2.24) is 15.1 Å². The van der Waals surface area contributed by atoms with E-state index < -0.39 is 0 Å². The Kier molecular flexibility index (Phi) is 3.35. The molecule has 0 aliphatic rings. The Balaban J connectivity index is 1.86. The zero-order chi connectivity index (χ0) is 13.9. The lowest BCUT2D eigenvalue weighted by molar-refractivity contribution is 0.422. The molecule has 2 aromatic heterocycles. The minimum atomic E-state index is 0.347. The SMILES string of the molecule is Nc1cccc(-c2nc(Cc3ccccc3Cl)no2)n1. The van der Waals surface area contributed by atoms with Crippen molar-refractivity contribution >= 4 is 17.4 Å². The van der Waals surface area contributed by atoms with Crippen LogP contribution in [0.5, 0.6) is 0 Å². The van der Waals surface area contributed by atoms with Gasteiger partial charge in [0.2, 0.25) is 0 Å². The van der Waals surface area contributed by atoms with Crippen molar-refractivity contribution in [3.8, 4) is 11.6 Å². The monoisotopic (exact) mass is 286 g/mol. The number of hydrogen-bond donors (Lipinski definition) is 1. The van der Waals surface area contributed by atoms with Crippen LogP contribution in [0.2, 0.25) is 5.02 Å². The molecule has 0 amide bonds.